The highest BCUT2D eigenvalue weighted by molar-refractivity contribution is 14.0. The van der Waals surface area contributed by atoms with Crippen molar-refractivity contribution >= 4 is 40.0 Å². The lowest BCUT2D eigenvalue weighted by Gasteiger charge is -2.31. The number of aliphatic imine (C=N–C) groups is 1. The van der Waals surface area contributed by atoms with E-state index in [0.717, 1.165) is 51.5 Å². The number of nitrogens with zero attached hydrogens (tertiary/aromatic N) is 4. The van der Waals surface area contributed by atoms with Gasteiger partial charge in [0, 0.05) is 58.9 Å². The van der Waals surface area contributed by atoms with Gasteiger partial charge in [0.25, 0.3) is 0 Å². The largest absolute Gasteiger partial charge is 0.356 e. The number of hydrogen-bond acceptors (Lipinski definition) is 4. The highest BCUT2D eigenvalue weighted by atomic mass is 127. The molecule has 26 heavy (non-hydrogen) atoms. The summed E-state index contributed by atoms with van der Waals surface area (Å²) >= 11 is 0. The van der Waals surface area contributed by atoms with Gasteiger partial charge in [-0.05, 0) is 25.2 Å². The Morgan fingerprint density at radius 1 is 1.15 bits per heavy atom. The molecule has 0 aromatic carbocycles. The first-order chi connectivity index (χ1) is 12.0. The lowest BCUT2D eigenvalue weighted by molar-refractivity contribution is 0.257. The second-order valence-corrected chi connectivity index (χ2v) is 9.33. The molecule has 2 saturated heterocycles. The van der Waals surface area contributed by atoms with Gasteiger partial charge in [0.2, 0.25) is 10.0 Å². The molecule has 1 unspecified atom stereocenters. The summed E-state index contributed by atoms with van der Waals surface area (Å²) in [6.45, 7) is 6.37. The fraction of sp³-hybridized carbons (Fsp3) is 0.824. The van der Waals surface area contributed by atoms with Crippen LogP contribution in [0.3, 0.4) is 0 Å². The molecule has 0 aromatic heterocycles. The molecule has 0 spiro atoms. The van der Waals surface area contributed by atoms with Gasteiger partial charge in [-0.2, -0.15) is 0 Å². The second-order valence-electron chi connectivity index (χ2n) is 7.35. The van der Waals surface area contributed by atoms with Gasteiger partial charge in [-0.3, -0.25) is 9.89 Å². The first-order valence-corrected chi connectivity index (χ1v) is 11.1. The van der Waals surface area contributed by atoms with E-state index in [1.54, 1.807) is 4.31 Å². The zero-order valence-corrected chi connectivity index (χ0v) is 18.9. The lowest BCUT2D eigenvalue weighted by Crippen LogP contribution is -2.46. The third-order valence-corrected chi connectivity index (χ3v) is 6.93. The molecule has 3 rings (SSSR count). The van der Waals surface area contributed by atoms with E-state index >= 15 is 0 Å². The highest BCUT2D eigenvalue weighted by Crippen LogP contribution is 2.20. The third kappa shape index (κ3) is 5.56. The molecule has 9 heteroatoms. The number of nitrogens with one attached hydrogen (secondary N) is 1. The molecule has 0 amide bonds. The van der Waals surface area contributed by atoms with Crippen molar-refractivity contribution in [3.8, 4) is 0 Å². The molecule has 3 aliphatic rings. The topological polar surface area (TPSA) is 68.2 Å². The van der Waals surface area contributed by atoms with E-state index in [1.165, 1.54) is 12.7 Å². The first kappa shape index (κ1) is 21.9. The smallest absolute Gasteiger partial charge is 0.211 e. The van der Waals surface area contributed by atoms with Crippen LogP contribution >= 0.6 is 24.0 Å². The molecule has 7 nitrogen and oxygen atoms in total. The van der Waals surface area contributed by atoms with E-state index in [4.69, 9.17) is 0 Å². The average Bonchev–Trinajstić information content (AvgIpc) is 3.26. The van der Waals surface area contributed by atoms with Gasteiger partial charge in [0.1, 0.15) is 0 Å². The molecule has 3 aliphatic heterocycles. The molecule has 0 radical (unpaired) electrons. The number of sulfonamides is 1. The number of halogens is 1. The maximum absolute atomic E-state index is 11.6. The molecule has 2 fully saturated rings. The zero-order chi connectivity index (χ0) is 17.9. The van der Waals surface area contributed by atoms with Gasteiger partial charge in [0.05, 0.1) is 6.26 Å². The molecule has 0 bridgehead atoms. The normalized spacial score (nSPS) is 26.3. The van der Waals surface area contributed by atoms with Crippen molar-refractivity contribution in [3.05, 3.63) is 12.2 Å². The Kier molecular flexibility index (Phi) is 8.17. The number of likely N-dealkylation sites (tertiary alicyclic amines) is 1. The van der Waals surface area contributed by atoms with Gasteiger partial charge in [-0.1, -0.05) is 12.2 Å². The number of guanidine groups is 1. The summed E-state index contributed by atoms with van der Waals surface area (Å²) in [5.74, 6) is 1.50. The van der Waals surface area contributed by atoms with Gasteiger partial charge in [-0.25, -0.2) is 12.7 Å². The highest BCUT2D eigenvalue weighted by Gasteiger charge is 2.30. The van der Waals surface area contributed by atoms with E-state index in [-0.39, 0.29) is 24.0 Å². The molecule has 0 aromatic rings. The lowest BCUT2D eigenvalue weighted by atomic mass is 9.98. The minimum Gasteiger partial charge on any atom is -0.356 e. The van der Waals surface area contributed by atoms with Gasteiger partial charge < -0.3 is 10.2 Å². The summed E-state index contributed by atoms with van der Waals surface area (Å²) in [6.07, 6.45) is 8.82. The number of piperidine rings is 1. The molecule has 150 valence electrons. The zero-order valence-electron chi connectivity index (χ0n) is 15.8. The van der Waals surface area contributed by atoms with Crippen LogP contribution in [-0.4, -0.2) is 93.6 Å². The minimum absolute atomic E-state index is 0. The molecule has 3 heterocycles. The Morgan fingerprint density at radius 3 is 2.38 bits per heavy atom. The van der Waals surface area contributed by atoms with Crippen molar-refractivity contribution in [1.82, 2.24) is 19.4 Å². The quantitative estimate of drug-likeness (QED) is 0.270. The predicted molar refractivity (Wildman–Crippen MR) is 117 cm³/mol. The molecular formula is C17H32IN5O2S. The van der Waals surface area contributed by atoms with E-state index in [1.807, 2.05) is 7.05 Å². The van der Waals surface area contributed by atoms with Crippen LogP contribution in [0, 0.1) is 5.92 Å². The van der Waals surface area contributed by atoms with Crippen LogP contribution in [0.25, 0.3) is 0 Å². The van der Waals surface area contributed by atoms with E-state index in [2.05, 4.69) is 32.3 Å². The molecular weight excluding hydrogens is 465 g/mol. The minimum atomic E-state index is -3.04. The van der Waals surface area contributed by atoms with Gasteiger partial charge >= 0.3 is 0 Å². The van der Waals surface area contributed by atoms with Crippen LogP contribution in [-0.2, 0) is 10.0 Å². The van der Waals surface area contributed by atoms with Crippen LogP contribution in [0.1, 0.15) is 19.3 Å². The van der Waals surface area contributed by atoms with Crippen molar-refractivity contribution in [2.75, 3.05) is 59.1 Å². The van der Waals surface area contributed by atoms with Gasteiger partial charge in [-0.15, -0.1) is 24.0 Å². The van der Waals surface area contributed by atoms with Gasteiger partial charge in [0.15, 0.2) is 5.96 Å². The molecule has 0 aliphatic carbocycles. The van der Waals surface area contributed by atoms with Crippen molar-refractivity contribution in [2.45, 2.75) is 25.3 Å². The van der Waals surface area contributed by atoms with Crippen LogP contribution < -0.4 is 5.32 Å². The monoisotopic (exact) mass is 497 g/mol. The van der Waals surface area contributed by atoms with E-state index < -0.39 is 10.0 Å². The third-order valence-electron chi connectivity index (χ3n) is 5.63. The summed E-state index contributed by atoms with van der Waals surface area (Å²) in [5, 5.41) is 3.52. The van der Waals surface area contributed by atoms with Crippen LogP contribution in [0.5, 0.6) is 0 Å². The van der Waals surface area contributed by atoms with Crippen LogP contribution in [0.15, 0.2) is 17.1 Å². The van der Waals surface area contributed by atoms with E-state index in [9.17, 15) is 8.42 Å². The van der Waals surface area contributed by atoms with E-state index in [0.29, 0.717) is 25.0 Å². The summed E-state index contributed by atoms with van der Waals surface area (Å²) in [4.78, 5) is 9.34. The van der Waals surface area contributed by atoms with Crippen molar-refractivity contribution in [1.29, 1.82) is 0 Å². The Hall–Kier alpha value is -0.390. The average molecular weight is 497 g/mol. The molecule has 0 saturated carbocycles. The Balaban J connectivity index is 0.00000243. The Morgan fingerprint density at radius 2 is 1.81 bits per heavy atom. The summed E-state index contributed by atoms with van der Waals surface area (Å²) in [6, 6.07) is 0.617. The first-order valence-electron chi connectivity index (χ1n) is 9.27. The van der Waals surface area contributed by atoms with Crippen molar-refractivity contribution in [2.24, 2.45) is 10.9 Å². The van der Waals surface area contributed by atoms with Crippen LogP contribution in [0.2, 0.25) is 0 Å². The fourth-order valence-electron chi connectivity index (χ4n) is 4.04. The molecule has 1 N–H and O–H groups in total. The number of rotatable bonds is 4. The van der Waals surface area contributed by atoms with Crippen molar-refractivity contribution < 1.29 is 8.42 Å². The maximum atomic E-state index is 11.6. The fourth-order valence-corrected chi connectivity index (χ4v) is 4.91. The summed E-state index contributed by atoms with van der Waals surface area (Å²) < 4.78 is 24.8. The number of hydrogen-bond donors (Lipinski definition) is 1. The Labute approximate surface area is 175 Å². The Bertz CT molecular complexity index is 609. The predicted octanol–water partition coefficient (Wildman–Crippen LogP) is 0.798. The van der Waals surface area contributed by atoms with Crippen LogP contribution in [0.4, 0.5) is 0 Å². The SMILES string of the molecule is CN=C(NCC1CCN(S(C)(=O)=O)CC1)N1CCC(N2CC=CC2)C1.I. The molecule has 1 atom stereocenters. The maximum Gasteiger partial charge on any atom is 0.211 e. The van der Waals surface area contributed by atoms with Crippen molar-refractivity contribution in [3.63, 3.8) is 0 Å². The summed E-state index contributed by atoms with van der Waals surface area (Å²) in [5.41, 5.74) is 0. The standard InChI is InChI=1S/C17H31N5O2S.HI/c1-18-17(21-10-7-16(14-21)20-8-3-4-9-20)19-13-15-5-11-22(12-6-15)25(2,23)24;/h3-4,15-16H,5-14H2,1-2H3,(H,18,19);1H. The second kappa shape index (κ2) is 9.70. The summed E-state index contributed by atoms with van der Waals surface area (Å²) in [7, 11) is -1.19.